The molecule has 0 radical (unpaired) electrons. The van der Waals surface area contributed by atoms with E-state index in [1.165, 1.54) is 19.9 Å². The monoisotopic (exact) mass is 232 g/mol. The fourth-order valence-electron chi connectivity index (χ4n) is 1.06. The number of carbonyl (C=O) groups is 1. The molecule has 0 amide bonds. The molecule has 0 heterocycles. The highest BCUT2D eigenvalue weighted by atomic mass is 35.5. The van der Waals surface area contributed by atoms with Gasteiger partial charge in [-0.25, -0.2) is 0 Å². The Bertz CT molecular complexity index is 372. The van der Waals surface area contributed by atoms with Crippen molar-refractivity contribution in [2.24, 2.45) is 0 Å². The van der Waals surface area contributed by atoms with Crippen LogP contribution in [0.1, 0.15) is 19.4 Å². The van der Waals surface area contributed by atoms with Gasteiger partial charge in [-0.05, 0) is 32.0 Å². The van der Waals surface area contributed by atoms with Gasteiger partial charge in [0.1, 0.15) is 5.60 Å². The van der Waals surface area contributed by atoms with Crippen molar-refractivity contribution in [3.8, 4) is 0 Å². The standard InChI is InChI=1S/C10H10Cl2O2/c1-6(13)10(2,14)8-5-7(11)3-4-9(8)12/h3-5,14H,1-2H3. The zero-order chi connectivity index (χ0) is 10.9. The molecule has 76 valence electrons. The lowest BCUT2D eigenvalue weighted by Gasteiger charge is -2.21. The van der Waals surface area contributed by atoms with Gasteiger partial charge in [0.2, 0.25) is 0 Å². The van der Waals surface area contributed by atoms with Crippen LogP contribution in [-0.4, -0.2) is 10.9 Å². The lowest BCUT2D eigenvalue weighted by molar-refractivity contribution is -0.134. The number of carbonyl (C=O) groups excluding carboxylic acids is 1. The Labute approximate surface area is 92.5 Å². The predicted molar refractivity (Wildman–Crippen MR) is 56.7 cm³/mol. The Morgan fingerprint density at radius 2 is 2.00 bits per heavy atom. The highest BCUT2D eigenvalue weighted by molar-refractivity contribution is 6.33. The summed E-state index contributed by atoms with van der Waals surface area (Å²) in [6.45, 7) is 2.70. The highest BCUT2D eigenvalue weighted by Crippen LogP contribution is 2.30. The molecule has 2 nitrogen and oxygen atoms in total. The molecule has 1 N–H and O–H groups in total. The number of rotatable bonds is 2. The lowest BCUT2D eigenvalue weighted by atomic mass is 9.92. The van der Waals surface area contributed by atoms with E-state index in [1.807, 2.05) is 0 Å². The third-order valence-electron chi connectivity index (χ3n) is 2.14. The number of benzene rings is 1. The van der Waals surface area contributed by atoms with Crippen LogP contribution in [-0.2, 0) is 10.4 Å². The van der Waals surface area contributed by atoms with Crippen molar-refractivity contribution in [1.82, 2.24) is 0 Å². The topological polar surface area (TPSA) is 37.3 Å². The molecule has 0 spiro atoms. The van der Waals surface area contributed by atoms with Gasteiger partial charge < -0.3 is 5.11 Å². The van der Waals surface area contributed by atoms with Gasteiger partial charge in [-0.1, -0.05) is 23.2 Å². The second kappa shape index (κ2) is 3.89. The summed E-state index contributed by atoms with van der Waals surface area (Å²) in [7, 11) is 0. The van der Waals surface area contributed by atoms with Crippen LogP contribution >= 0.6 is 23.2 Å². The van der Waals surface area contributed by atoms with Crippen molar-refractivity contribution in [3.05, 3.63) is 33.8 Å². The van der Waals surface area contributed by atoms with Gasteiger partial charge in [-0.3, -0.25) is 4.79 Å². The minimum Gasteiger partial charge on any atom is -0.378 e. The molecule has 0 aliphatic heterocycles. The maximum atomic E-state index is 11.2. The smallest absolute Gasteiger partial charge is 0.165 e. The van der Waals surface area contributed by atoms with Crippen LogP contribution in [0.3, 0.4) is 0 Å². The minimum atomic E-state index is -1.58. The average Bonchev–Trinajstić information content (AvgIpc) is 2.08. The summed E-state index contributed by atoms with van der Waals surface area (Å²) in [5.41, 5.74) is -1.25. The summed E-state index contributed by atoms with van der Waals surface area (Å²) >= 11 is 11.6. The molecule has 0 aliphatic carbocycles. The molecule has 0 fully saturated rings. The Morgan fingerprint density at radius 1 is 1.43 bits per heavy atom. The van der Waals surface area contributed by atoms with E-state index in [0.717, 1.165) is 0 Å². The van der Waals surface area contributed by atoms with Gasteiger partial charge in [-0.2, -0.15) is 0 Å². The molecular formula is C10H10Cl2O2. The quantitative estimate of drug-likeness (QED) is 0.852. The van der Waals surface area contributed by atoms with Gasteiger partial charge >= 0.3 is 0 Å². The fourth-order valence-corrected chi connectivity index (χ4v) is 1.53. The van der Waals surface area contributed by atoms with E-state index in [2.05, 4.69) is 0 Å². The first-order chi connectivity index (χ1) is 6.35. The van der Waals surface area contributed by atoms with Gasteiger partial charge in [0.25, 0.3) is 0 Å². The Balaban J connectivity index is 3.31. The SMILES string of the molecule is CC(=O)C(C)(O)c1cc(Cl)ccc1Cl. The maximum absolute atomic E-state index is 11.2. The van der Waals surface area contributed by atoms with Gasteiger partial charge in [0.15, 0.2) is 5.78 Å². The Kier molecular flexibility index (Phi) is 3.20. The molecule has 4 heteroatoms. The third kappa shape index (κ3) is 2.08. The zero-order valence-corrected chi connectivity index (χ0v) is 9.36. The van der Waals surface area contributed by atoms with Crippen molar-refractivity contribution < 1.29 is 9.90 Å². The second-order valence-electron chi connectivity index (χ2n) is 3.25. The number of Topliss-reactive ketones (excluding diaryl/α,β-unsaturated/α-hetero) is 1. The van der Waals surface area contributed by atoms with Crippen molar-refractivity contribution in [3.63, 3.8) is 0 Å². The average molecular weight is 233 g/mol. The van der Waals surface area contributed by atoms with E-state index in [4.69, 9.17) is 23.2 Å². The van der Waals surface area contributed by atoms with Crippen LogP contribution in [0.5, 0.6) is 0 Å². The minimum absolute atomic E-state index is 0.328. The van der Waals surface area contributed by atoms with E-state index in [9.17, 15) is 9.90 Å². The first-order valence-corrected chi connectivity index (χ1v) is 4.80. The summed E-state index contributed by atoms with van der Waals surface area (Å²) < 4.78 is 0. The molecule has 14 heavy (non-hydrogen) atoms. The first kappa shape index (κ1) is 11.5. The Hall–Kier alpha value is -0.570. The van der Waals surface area contributed by atoms with Crippen LogP contribution in [0.4, 0.5) is 0 Å². The summed E-state index contributed by atoms with van der Waals surface area (Å²) in [4.78, 5) is 11.2. The summed E-state index contributed by atoms with van der Waals surface area (Å²) in [6, 6.07) is 4.64. The second-order valence-corrected chi connectivity index (χ2v) is 4.10. The van der Waals surface area contributed by atoms with Crippen LogP contribution in [0.25, 0.3) is 0 Å². The van der Waals surface area contributed by atoms with Gasteiger partial charge in [-0.15, -0.1) is 0 Å². The van der Waals surface area contributed by atoms with E-state index >= 15 is 0 Å². The summed E-state index contributed by atoms with van der Waals surface area (Å²) in [5.74, 6) is -0.373. The maximum Gasteiger partial charge on any atom is 0.165 e. The lowest BCUT2D eigenvalue weighted by Crippen LogP contribution is -2.30. The van der Waals surface area contributed by atoms with Crippen LogP contribution < -0.4 is 0 Å². The van der Waals surface area contributed by atoms with E-state index in [1.54, 1.807) is 12.1 Å². The number of halogens is 2. The predicted octanol–water partition coefficient (Wildman–Crippen LogP) is 2.79. The number of aliphatic hydroxyl groups is 1. The molecule has 0 aromatic heterocycles. The zero-order valence-electron chi connectivity index (χ0n) is 7.84. The van der Waals surface area contributed by atoms with Crippen molar-refractivity contribution in [2.45, 2.75) is 19.4 Å². The summed E-state index contributed by atoms with van der Waals surface area (Å²) in [5, 5.41) is 10.6. The van der Waals surface area contributed by atoms with Crippen LogP contribution in [0.2, 0.25) is 10.0 Å². The van der Waals surface area contributed by atoms with Crippen LogP contribution in [0.15, 0.2) is 18.2 Å². The van der Waals surface area contributed by atoms with Gasteiger partial charge in [0.05, 0.1) is 0 Å². The van der Waals surface area contributed by atoms with Crippen molar-refractivity contribution >= 4 is 29.0 Å². The van der Waals surface area contributed by atoms with Crippen molar-refractivity contribution in [1.29, 1.82) is 0 Å². The van der Waals surface area contributed by atoms with E-state index in [-0.39, 0.29) is 5.78 Å². The Morgan fingerprint density at radius 3 is 2.50 bits per heavy atom. The number of ketones is 1. The molecule has 1 aromatic carbocycles. The highest BCUT2D eigenvalue weighted by Gasteiger charge is 2.30. The van der Waals surface area contributed by atoms with Gasteiger partial charge in [0, 0.05) is 15.6 Å². The van der Waals surface area contributed by atoms with Crippen LogP contribution in [0, 0.1) is 0 Å². The largest absolute Gasteiger partial charge is 0.378 e. The normalized spacial score (nSPS) is 14.9. The molecular weight excluding hydrogens is 223 g/mol. The number of hydrogen-bond donors (Lipinski definition) is 1. The molecule has 1 aromatic rings. The first-order valence-electron chi connectivity index (χ1n) is 4.04. The summed E-state index contributed by atoms with van der Waals surface area (Å²) in [6.07, 6.45) is 0. The molecule has 0 saturated carbocycles. The molecule has 1 rings (SSSR count). The van der Waals surface area contributed by atoms with E-state index in [0.29, 0.717) is 15.6 Å². The molecule has 0 saturated heterocycles. The number of hydrogen-bond acceptors (Lipinski definition) is 2. The molecule has 1 unspecified atom stereocenters. The molecule has 0 aliphatic rings. The van der Waals surface area contributed by atoms with Crippen molar-refractivity contribution in [2.75, 3.05) is 0 Å². The molecule has 0 bridgehead atoms. The van der Waals surface area contributed by atoms with E-state index < -0.39 is 5.60 Å². The molecule has 1 atom stereocenters. The third-order valence-corrected chi connectivity index (χ3v) is 2.70. The fraction of sp³-hybridized carbons (Fsp3) is 0.300.